The van der Waals surface area contributed by atoms with E-state index in [-0.39, 0.29) is 5.78 Å². The van der Waals surface area contributed by atoms with Crippen LogP contribution in [0.1, 0.15) is 23.2 Å². The van der Waals surface area contributed by atoms with Gasteiger partial charge in [-0.3, -0.25) is 4.79 Å². The zero-order chi connectivity index (χ0) is 10.7. The number of para-hydroxylation sites is 1. The fourth-order valence-corrected chi connectivity index (χ4v) is 2.08. The molecule has 2 rings (SSSR count). The van der Waals surface area contributed by atoms with E-state index in [1.165, 1.54) is 0 Å². The van der Waals surface area contributed by atoms with Gasteiger partial charge in [-0.1, -0.05) is 12.1 Å². The second-order valence-electron chi connectivity index (χ2n) is 3.72. The van der Waals surface area contributed by atoms with E-state index in [0.717, 1.165) is 30.8 Å². The lowest BCUT2D eigenvalue weighted by molar-refractivity contribution is 0.0980. The van der Waals surface area contributed by atoms with E-state index in [0.29, 0.717) is 12.3 Å². The lowest BCUT2D eigenvalue weighted by Crippen LogP contribution is -2.33. The van der Waals surface area contributed by atoms with Gasteiger partial charge in [-0.05, 0) is 18.6 Å². The third kappa shape index (κ3) is 2.15. The summed E-state index contributed by atoms with van der Waals surface area (Å²) in [5.41, 5.74) is 1.93. The molecule has 2 nitrogen and oxygen atoms in total. The van der Waals surface area contributed by atoms with Gasteiger partial charge < -0.3 is 4.90 Å². The van der Waals surface area contributed by atoms with Crippen molar-refractivity contribution < 1.29 is 4.79 Å². The molecular weight excluding hydrogens is 210 g/mol. The van der Waals surface area contributed by atoms with Crippen molar-refractivity contribution in [2.75, 3.05) is 23.9 Å². The third-order valence-corrected chi connectivity index (χ3v) is 2.98. The molecule has 0 bridgehead atoms. The number of hydrogen-bond donors (Lipinski definition) is 0. The first-order chi connectivity index (χ1) is 7.33. The molecule has 0 N–H and O–H groups in total. The molecule has 0 aromatic heterocycles. The number of carbonyl (C=O) groups is 1. The fraction of sp³-hybridized carbons (Fsp3) is 0.417. The average Bonchev–Trinajstić information content (AvgIpc) is 2.29. The van der Waals surface area contributed by atoms with Crippen molar-refractivity contribution in [2.45, 2.75) is 12.8 Å². The lowest BCUT2D eigenvalue weighted by Gasteiger charge is -2.30. The van der Waals surface area contributed by atoms with E-state index in [9.17, 15) is 4.79 Å². The van der Waals surface area contributed by atoms with E-state index in [1.807, 2.05) is 24.3 Å². The average molecular weight is 224 g/mol. The molecule has 1 aliphatic heterocycles. The van der Waals surface area contributed by atoms with Crippen molar-refractivity contribution in [3.8, 4) is 0 Å². The Labute approximate surface area is 94.8 Å². The first kappa shape index (κ1) is 10.5. The normalized spacial score (nSPS) is 15.3. The van der Waals surface area contributed by atoms with Crippen molar-refractivity contribution in [1.82, 2.24) is 0 Å². The Kier molecular flexibility index (Phi) is 3.27. The summed E-state index contributed by atoms with van der Waals surface area (Å²) in [5.74, 6) is 0.930. The SMILES string of the molecule is O=C1CCN(CCCCl)c2ccccc21. The van der Waals surface area contributed by atoms with E-state index in [4.69, 9.17) is 11.6 Å². The molecule has 1 heterocycles. The van der Waals surface area contributed by atoms with Crippen molar-refractivity contribution in [2.24, 2.45) is 0 Å². The van der Waals surface area contributed by atoms with Crippen LogP contribution in [0.25, 0.3) is 0 Å². The van der Waals surface area contributed by atoms with Crippen LogP contribution in [0.2, 0.25) is 0 Å². The van der Waals surface area contributed by atoms with Gasteiger partial charge in [-0.2, -0.15) is 0 Å². The number of rotatable bonds is 3. The van der Waals surface area contributed by atoms with Crippen molar-refractivity contribution in [3.63, 3.8) is 0 Å². The number of ketones is 1. The molecule has 1 aromatic carbocycles. The van der Waals surface area contributed by atoms with Crippen LogP contribution in [-0.2, 0) is 0 Å². The Morgan fingerprint density at radius 1 is 1.33 bits per heavy atom. The third-order valence-electron chi connectivity index (χ3n) is 2.72. The molecule has 0 atom stereocenters. The molecular formula is C12H14ClNO. The highest BCUT2D eigenvalue weighted by Gasteiger charge is 2.21. The van der Waals surface area contributed by atoms with Crippen LogP contribution < -0.4 is 4.90 Å². The molecule has 0 saturated heterocycles. The summed E-state index contributed by atoms with van der Waals surface area (Å²) in [6.07, 6.45) is 1.59. The molecule has 0 spiro atoms. The highest BCUT2D eigenvalue weighted by atomic mass is 35.5. The van der Waals surface area contributed by atoms with Crippen LogP contribution in [-0.4, -0.2) is 24.8 Å². The second kappa shape index (κ2) is 4.67. The van der Waals surface area contributed by atoms with Gasteiger partial charge in [0, 0.05) is 36.6 Å². The Morgan fingerprint density at radius 2 is 2.13 bits per heavy atom. The van der Waals surface area contributed by atoms with Crippen LogP contribution in [0.4, 0.5) is 5.69 Å². The summed E-state index contributed by atoms with van der Waals surface area (Å²) in [6, 6.07) is 7.82. The fourth-order valence-electron chi connectivity index (χ4n) is 1.96. The van der Waals surface area contributed by atoms with Gasteiger partial charge in [0.2, 0.25) is 0 Å². The number of benzene rings is 1. The highest BCUT2D eigenvalue weighted by molar-refractivity contribution is 6.17. The van der Waals surface area contributed by atoms with Crippen LogP contribution in [0.5, 0.6) is 0 Å². The largest absolute Gasteiger partial charge is 0.370 e. The first-order valence-electron chi connectivity index (χ1n) is 5.26. The number of alkyl halides is 1. The highest BCUT2D eigenvalue weighted by Crippen LogP contribution is 2.26. The lowest BCUT2D eigenvalue weighted by atomic mass is 10.0. The number of hydrogen-bond acceptors (Lipinski definition) is 2. The Hall–Kier alpha value is -1.02. The van der Waals surface area contributed by atoms with Gasteiger partial charge in [-0.25, -0.2) is 0 Å². The quantitative estimate of drug-likeness (QED) is 0.735. The Bertz CT molecular complexity index is 364. The predicted molar refractivity (Wildman–Crippen MR) is 62.9 cm³/mol. The van der Waals surface area contributed by atoms with Crippen LogP contribution in [0.15, 0.2) is 24.3 Å². The topological polar surface area (TPSA) is 20.3 Å². The van der Waals surface area contributed by atoms with E-state index in [1.54, 1.807) is 0 Å². The first-order valence-corrected chi connectivity index (χ1v) is 5.79. The molecule has 1 aromatic rings. The number of anilines is 1. The van der Waals surface area contributed by atoms with Gasteiger partial charge in [0.25, 0.3) is 0 Å². The van der Waals surface area contributed by atoms with E-state index in [2.05, 4.69) is 4.90 Å². The summed E-state index contributed by atoms with van der Waals surface area (Å²) >= 11 is 5.68. The molecule has 80 valence electrons. The molecule has 0 fully saturated rings. The van der Waals surface area contributed by atoms with Gasteiger partial charge in [0.1, 0.15) is 0 Å². The molecule has 3 heteroatoms. The number of fused-ring (bicyclic) bond motifs is 1. The van der Waals surface area contributed by atoms with Crippen molar-refractivity contribution in [3.05, 3.63) is 29.8 Å². The van der Waals surface area contributed by atoms with Gasteiger partial charge >= 0.3 is 0 Å². The van der Waals surface area contributed by atoms with Gasteiger partial charge in [-0.15, -0.1) is 11.6 Å². The van der Waals surface area contributed by atoms with Gasteiger partial charge in [0.05, 0.1) is 0 Å². The second-order valence-corrected chi connectivity index (χ2v) is 4.10. The molecule has 0 saturated carbocycles. The Balaban J connectivity index is 2.24. The van der Waals surface area contributed by atoms with Crippen LogP contribution in [0.3, 0.4) is 0 Å². The summed E-state index contributed by atoms with van der Waals surface area (Å²) in [6.45, 7) is 1.76. The van der Waals surface area contributed by atoms with Gasteiger partial charge in [0.15, 0.2) is 5.78 Å². The number of halogens is 1. The molecule has 1 aliphatic rings. The Morgan fingerprint density at radius 3 is 2.93 bits per heavy atom. The smallest absolute Gasteiger partial charge is 0.166 e. The molecule has 0 unspecified atom stereocenters. The maximum atomic E-state index is 11.7. The van der Waals surface area contributed by atoms with Crippen molar-refractivity contribution >= 4 is 23.1 Å². The number of Topliss-reactive ketones (excluding diaryl/α,β-unsaturated/α-hetero) is 1. The summed E-state index contributed by atoms with van der Waals surface area (Å²) in [7, 11) is 0. The monoisotopic (exact) mass is 223 g/mol. The minimum atomic E-state index is 0.257. The molecule has 15 heavy (non-hydrogen) atoms. The minimum absolute atomic E-state index is 0.257. The summed E-state index contributed by atoms with van der Waals surface area (Å²) < 4.78 is 0. The predicted octanol–water partition coefficient (Wildman–Crippen LogP) is 2.71. The van der Waals surface area contributed by atoms with Crippen LogP contribution >= 0.6 is 11.6 Å². The number of nitrogens with zero attached hydrogens (tertiary/aromatic N) is 1. The molecule has 0 radical (unpaired) electrons. The minimum Gasteiger partial charge on any atom is -0.370 e. The zero-order valence-corrected chi connectivity index (χ0v) is 9.33. The van der Waals surface area contributed by atoms with E-state index < -0.39 is 0 Å². The van der Waals surface area contributed by atoms with Crippen molar-refractivity contribution in [1.29, 1.82) is 0 Å². The zero-order valence-electron chi connectivity index (χ0n) is 8.58. The summed E-state index contributed by atoms with van der Waals surface area (Å²) in [5, 5.41) is 0. The van der Waals surface area contributed by atoms with E-state index >= 15 is 0 Å². The number of carbonyl (C=O) groups excluding carboxylic acids is 1. The molecule has 0 amide bonds. The molecule has 0 aliphatic carbocycles. The maximum Gasteiger partial charge on any atom is 0.166 e. The van der Waals surface area contributed by atoms with Crippen LogP contribution in [0, 0.1) is 0 Å². The summed E-state index contributed by atoms with van der Waals surface area (Å²) in [4.78, 5) is 13.9. The standard InChI is InChI=1S/C12H14ClNO/c13-7-3-8-14-9-6-12(15)10-4-1-2-5-11(10)14/h1-2,4-5H,3,6-9H2. The maximum absolute atomic E-state index is 11.7.